The van der Waals surface area contributed by atoms with Gasteiger partial charge < -0.3 is 15.1 Å². The molecular weight excluding hydrogens is 230 g/mol. The van der Waals surface area contributed by atoms with E-state index in [4.69, 9.17) is 0 Å². The number of nitrogens with zero attached hydrogens (tertiary/aromatic N) is 4. The van der Waals surface area contributed by atoms with Crippen LogP contribution in [-0.4, -0.2) is 54.0 Å². The van der Waals surface area contributed by atoms with Gasteiger partial charge in [0.15, 0.2) is 0 Å². The molecule has 2 rings (SSSR count). The fourth-order valence-electron chi connectivity index (χ4n) is 1.95. The highest BCUT2D eigenvalue weighted by Gasteiger charge is 2.20. The van der Waals surface area contributed by atoms with Crippen molar-refractivity contribution < 1.29 is 4.79 Å². The molecule has 1 amide bonds. The van der Waals surface area contributed by atoms with E-state index in [0.29, 0.717) is 12.5 Å². The molecule has 0 bridgehead atoms. The van der Waals surface area contributed by atoms with Crippen molar-refractivity contribution >= 4 is 17.7 Å². The Bertz CT molecular complexity index is 423. The minimum absolute atomic E-state index is 0.135. The van der Waals surface area contributed by atoms with Crippen molar-refractivity contribution in [3.05, 3.63) is 12.3 Å². The summed E-state index contributed by atoms with van der Waals surface area (Å²) < 4.78 is 0. The SMILES string of the molecule is CCNc1nccc(N2CCCN(C)C(=O)C2)n1. The molecule has 0 aliphatic carbocycles. The second-order valence-corrected chi connectivity index (χ2v) is 4.36. The molecule has 0 unspecified atom stereocenters. The van der Waals surface area contributed by atoms with Crippen LogP contribution in [0.15, 0.2) is 12.3 Å². The molecule has 1 aromatic heterocycles. The van der Waals surface area contributed by atoms with E-state index >= 15 is 0 Å². The largest absolute Gasteiger partial charge is 0.354 e. The second kappa shape index (κ2) is 5.66. The van der Waals surface area contributed by atoms with E-state index in [1.165, 1.54) is 0 Å². The van der Waals surface area contributed by atoms with Crippen LogP contribution >= 0.6 is 0 Å². The van der Waals surface area contributed by atoms with Crippen LogP contribution in [0.4, 0.5) is 11.8 Å². The molecule has 1 aromatic rings. The number of amides is 1. The fourth-order valence-corrected chi connectivity index (χ4v) is 1.95. The highest BCUT2D eigenvalue weighted by molar-refractivity contribution is 5.81. The molecule has 98 valence electrons. The lowest BCUT2D eigenvalue weighted by Gasteiger charge is -2.20. The molecular formula is C12H19N5O. The zero-order chi connectivity index (χ0) is 13.0. The molecule has 6 nitrogen and oxygen atoms in total. The third-order valence-corrected chi connectivity index (χ3v) is 2.97. The maximum absolute atomic E-state index is 11.8. The molecule has 0 atom stereocenters. The number of hydrogen-bond acceptors (Lipinski definition) is 5. The summed E-state index contributed by atoms with van der Waals surface area (Å²) in [5.74, 6) is 1.56. The number of likely N-dealkylation sites (N-methyl/N-ethyl adjacent to an activating group) is 1. The van der Waals surface area contributed by atoms with Gasteiger partial charge in [-0.2, -0.15) is 4.98 Å². The van der Waals surface area contributed by atoms with Crippen LogP contribution < -0.4 is 10.2 Å². The number of hydrogen-bond donors (Lipinski definition) is 1. The summed E-state index contributed by atoms with van der Waals surface area (Å²) in [6, 6.07) is 1.85. The van der Waals surface area contributed by atoms with Gasteiger partial charge in [0.2, 0.25) is 11.9 Å². The Labute approximate surface area is 107 Å². The van der Waals surface area contributed by atoms with Crippen molar-refractivity contribution in [3.8, 4) is 0 Å². The Morgan fingerprint density at radius 3 is 3.06 bits per heavy atom. The van der Waals surface area contributed by atoms with Gasteiger partial charge in [-0.15, -0.1) is 0 Å². The minimum atomic E-state index is 0.135. The highest BCUT2D eigenvalue weighted by Crippen LogP contribution is 2.14. The molecule has 2 heterocycles. The van der Waals surface area contributed by atoms with Gasteiger partial charge in [0.05, 0.1) is 6.54 Å². The molecule has 1 fully saturated rings. The van der Waals surface area contributed by atoms with E-state index in [2.05, 4.69) is 15.3 Å². The van der Waals surface area contributed by atoms with Gasteiger partial charge in [0.25, 0.3) is 0 Å². The van der Waals surface area contributed by atoms with Crippen LogP contribution in [0.1, 0.15) is 13.3 Å². The van der Waals surface area contributed by atoms with Crippen LogP contribution in [0.2, 0.25) is 0 Å². The average molecular weight is 249 g/mol. The maximum Gasteiger partial charge on any atom is 0.241 e. The third-order valence-electron chi connectivity index (χ3n) is 2.97. The minimum Gasteiger partial charge on any atom is -0.354 e. The topological polar surface area (TPSA) is 61.4 Å². The first-order valence-electron chi connectivity index (χ1n) is 6.26. The summed E-state index contributed by atoms with van der Waals surface area (Å²) in [5.41, 5.74) is 0. The van der Waals surface area contributed by atoms with Crippen molar-refractivity contribution in [2.75, 3.05) is 43.4 Å². The van der Waals surface area contributed by atoms with Gasteiger partial charge in [-0.1, -0.05) is 0 Å². The Balaban J connectivity index is 2.14. The lowest BCUT2D eigenvalue weighted by atomic mass is 10.4. The number of carbonyl (C=O) groups is 1. The Morgan fingerprint density at radius 2 is 2.28 bits per heavy atom. The molecule has 18 heavy (non-hydrogen) atoms. The van der Waals surface area contributed by atoms with E-state index in [0.717, 1.165) is 31.9 Å². The van der Waals surface area contributed by atoms with E-state index in [1.807, 2.05) is 24.9 Å². The number of nitrogens with one attached hydrogen (secondary N) is 1. The summed E-state index contributed by atoms with van der Waals surface area (Å²) in [4.78, 5) is 24.2. The van der Waals surface area contributed by atoms with E-state index in [-0.39, 0.29) is 5.91 Å². The van der Waals surface area contributed by atoms with Gasteiger partial charge in [-0.25, -0.2) is 4.98 Å². The molecule has 0 aromatic carbocycles. The summed E-state index contributed by atoms with van der Waals surface area (Å²) in [7, 11) is 1.84. The predicted molar refractivity (Wildman–Crippen MR) is 70.7 cm³/mol. The molecule has 6 heteroatoms. The molecule has 1 saturated heterocycles. The van der Waals surface area contributed by atoms with Gasteiger partial charge in [-0.3, -0.25) is 4.79 Å². The van der Waals surface area contributed by atoms with Crippen LogP contribution in [0.3, 0.4) is 0 Å². The van der Waals surface area contributed by atoms with Crippen molar-refractivity contribution in [2.24, 2.45) is 0 Å². The number of aromatic nitrogens is 2. The first-order chi connectivity index (χ1) is 8.70. The first-order valence-corrected chi connectivity index (χ1v) is 6.26. The van der Waals surface area contributed by atoms with Crippen LogP contribution in [-0.2, 0) is 4.79 Å². The monoisotopic (exact) mass is 249 g/mol. The zero-order valence-corrected chi connectivity index (χ0v) is 10.9. The van der Waals surface area contributed by atoms with Gasteiger partial charge in [-0.05, 0) is 19.4 Å². The Hall–Kier alpha value is -1.85. The van der Waals surface area contributed by atoms with E-state index < -0.39 is 0 Å². The number of anilines is 2. The van der Waals surface area contributed by atoms with E-state index in [1.54, 1.807) is 11.1 Å². The van der Waals surface area contributed by atoms with Crippen LogP contribution in [0, 0.1) is 0 Å². The summed E-state index contributed by atoms with van der Waals surface area (Å²) in [6.07, 6.45) is 2.68. The molecule has 1 N–H and O–H groups in total. The molecule has 0 radical (unpaired) electrons. The second-order valence-electron chi connectivity index (χ2n) is 4.36. The standard InChI is InChI=1S/C12H19N5O/c1-3-13-12-14-6-5-10(15-12)17-8-4-7-16(2)11(18)9-17/h5-6H,3-4,7-9H2,1-2H3,(H,13,14,15). The van der Waals surface area contributed by atoms with Crippen molar-refractivity contribution in [1.82, 2.24) is 14.9 Å². The molecule has 1 aliphatic heterocycles. The predicted octanol–water partition coefficient (Wildman–Crippen LogP) is 0.577. The van der Waals surface area contributed by atoms with Crippen molar-refractivity contribution in [1.29, 1.82) is 0 Å². The first kappa shape index (κ1) is 12.6. The van der Waals surface area contributed by atoms with Crippen LogP contribution in [0.25, 0.3) is 0 Å². The normalized spacial score (nSPS) is 16.7. The lowest BCUT2D eigenvalue weighted by molar-refractivity contribution is -0.127. The Morgan fingerprint density at radius 1 is 1.44 bits per heavy atom. The molecule has 1 aliphatic rings. The summed E-state index contributed by atoms with van der Waals surface area (Å²) in [5, 5.41) is 3.08. The van der Waals surface area contributed by atoms with Gasteiger partial charge in [0, 0.05) is 32.9 Å². The third kappa shape index (κ3) is 2.88. The Kier molecular flexibility index (Phi) is 3.96. The van der Waals surface area contributed by atoms with Gasteiger partial charge in [0.1, 0.15) is 5.82 Å². The van der Waals surface area contributed by atoms with Gasteiger partial charge >= 0.3 is 0 Å². The average Bonchev–Trinajstić information content (AvgIpc) is 2.53. The highest BCUT2D eigenvalue weighted by atomic mass is 16.2. The van der Waals surface area contributed by atoms with Crippen molar-refractivity contribution in [3.63, 3.8) is 0 Å². The zero-order valence-electron chi connectivity index (χ0n) is 10.9. The number of carbonyl (C=O) groups excluding carboxylic acids is 1. The lowest BCUT2D eigenvalue weighted by Crippen LogP contribution is -2.34. The fraction of sp³-hybridized carbons (Fsp3) is 0.583. The summed E-state index contributed by atoms with van der Waals surface area (Å²) >= 11 is 0. The van der Waals surface area contributed by atoms with E-state index in [9.17, 15) is 4.79 Å². The van der Waals surface area contributed by atoms with Crippen molar-refractivity contribution in [2.45, 2.75) is 13.3 Å². The quantitative estimate of drug-likeness (QED) is 0.849. The molecule has 0 saturated carbocycles. The van der Waals surface area contributed by atoms with Crippen LogP contribution in [0.5, 0.6) is 0 Å². The molecule has 0 spiro atoms. The smallest absolute Gasteiger partial charge is 0.241 e. The summed E-state index contributed by atoms with van der Waals surface area (Å²) in [6.45, 7) is 4.82. The number of rotatable bonds is 3. The maximum atomic E-state index is 11.8.